The molecule has 150 valence electrons. The number of nitrogens with zero attached hydrogens (tertiary/aromatic N) is 4. The van der Waals surface area contributed by atoms with Gasteiger partial charge in [0.25, 0.3) is 0 Å². The Balaban J connectivity index is 1.39. The SMILES string of the molecule is C[C@@]12CC[C@@](C)(N1)[C@@H](F)[C@@H](Oc1ncc(-c3cc4ccncc4cc3O)nn1)C2. The first-order valence-electron chi connectivity index (χ1n) is 9.72. The minimum atomic E-state index is -1.15. The molecule has 0 radical (unpaired) electrons. The molecule has 0 unspecified atom stereocenters. The number of piperidine rings is 1. The minimum Gasteiger partial charge on any atom is -0.507 e. The van der Waals surface area contributed by atoms with Crippen LogP contribution in [-0.4, -0.2) is 48.6 Å². The van der Waals surface area contributed by atoms with Crippen molar-refractivity contribution < 1.29 is 14.2 Å². The Morgan fingerprint density at radius 1 is 1.17 bits per heavy atom. The predicted octanol–water partition coefficient (Wildman–Crippen LogP) is 3.18. The van der Waals surface area contributed by atoms with Crippen LogP contribution in [0.15, 0.2) is 36.8 Å². The Kier molecular flexibility index (Phi) is 3.96. The van der Waals surface area contributed by atoms with E-state index in [2.05, 4.69) is 32.4 Å². The Labute approximate surface area is 167 Å². The van der Waals surface area contributed by atoms with Crippen molar-refractivity contribution in [2.24, 2.45) is 0 Å². The number of benzene rings is 1. The van der Waals surface area contributed by atoms with Gasteiger partial charge in [0.1, 0.15) is 17.5 Å². The van der Waals surface area contributed by atoms with E-state index in [9.17, 15) is 5.11 Å². The maximum absolute atomic E-state index is 15.0. The third-order valence-electron chi connectivity index (χ3n) is 6.20. The lowest BCUT2D eigenvalue weighted by atomic mass is 9.85. The van der Waals surface area contributed by atoms with Gasteiger partial charge in [0, 0.05) is 35.3 Å². The van der Waals surface area contributed by atoms with Gasteiger partial charge in [-0.3, -0.25) is 4.98 Å². The summed E-state index contributed by atoms with van der Waals surface area (Å²) in [6.07, 6.45) is 5.32. The zero-order chi connectivity index (χ0) is 20.2. The van der Waals surface area contributed by atoms with Crippen molar-refractivity contribution in [1.29, 1.82) is 0 Å². The first-order chi connectivity index (χ1) is 13.9. The summed E-state index contributed by atoms with van der Waals surface area (Å²) in [6.45, 7) is 4.00. The van der Waals surface area contributed by atoms with Gasteiger partial charge in [-0.1, -0.05) is 5.10 Å². The fourth-order valence-electron chi connectivity index (χ4n) is 4.68. The molecule has 2 aliphatic heterocycles. The Bertz CT molecular complexity index is 1080. The van der Waals surface area contributed by atoms with Crippen molar-refractivity contribution in [3.8, 4) is 23.0 Å². The van der Waals surface area contributed by atoms with Crippen LogP contribution in [0.1, 0.15) is 33.1 Å². The fraction of sp³-hybridized carbons (Fsp3) is 0.429. The van der Waals surface area contributed by atoms with Crippen LogP contribution in [0.2, 0.25) is 0 Å². The van der Waals surface area contributed by atoms with E-state index in [0.29, 0.717) is 17.7 Å². The fourth-order valence-corrected chi connectivity index (χ4v) is 4.68. The molecule has 0 amide bonds. The van der Waals surface area contributed by atoms with Crippen molar-refractivity contribution in [2.45, 2.75) is 56.5 Å². The second-order valence-corrected chi connectivity index (χ2v) is 8.58. The number of aromatic nitrogens is 4. The van der Waals surface area contributed by atoms with E-state index in [1.807, 2.05) is 19.1 Å². The van der Waals surface area contributed by atoms with E-state index in [4.69, 9.17) is 4.74 Å². The lowest BCUT2D eigenvalue weighted by Crippen LogP contribution is -2.63. The summed E-state index contributed by atoms with van der Waals surface area (Å²) in [7, 11) is 0. The lowest BCUT2D eigenvalue weighted by Gasteiger charge is -2.43. The molecule has 2 aromatic heterocycles. The van der Waals surface area contributed by atoms with Crippen LogP contribution in [0.25, 0.3) is 22.0 Å². The molecule has 0 aliphatic carbocycles. The van der Waals surface area contributed by atoms with Gasteiger partial charge in [-0.2, -0.15) is 0 Å². The van der Waals surface area contributed by atoms with Crippen molar-refractivity contribution in [3.63, 3.8) is 0 Å². The van der Waals surface area contributed by atoms with E-state index in [1.165, 1.54) is 6.20 Å². The quantitative estimate of drug-likeness (QED) is 0.703. The zero-order valence-corrected chi connectivity index (χ0v) is 16.3. The number of fused-ring (bicyclic) bond motifs is 3. The van der Waals surface area contributed by atoms with Gasteiger partial charge in [0.2, 0.25) is 0 Å². The third-order valence-corrected chi connectivity index (χ3v) is 6.20. The van der Waals surface area contributed by atoms with Crippen molar-refractivity contribution in [2.75, 3.05) is 0 Å². The van der Waals surface area contributed by atoms with Crippen LogP contribution in [-0.2, 0) is 0 Å². The van der Waals surface area contributed by atoms with Crippen molar-refractivity contribution in [3.05, 3.63) is 36.8 Å². The first kappa shape index (κ1) is 18.2. The molecule has 2 bridgehead atoms. The smallest absolute Gasteiger partial charge is 0.336 e. The summed E-state index contributed by atoms with van der Waals surface area (Å²) >= 11 is 0. The normalized spacial score (nSPS) is 31.1. The molecule has 7 nitrogen and oxygen atoms in total. The molecular formula is C21H22FN5O2. The molecule has 4 heterocycles. The number of hydrogen-bond acceptors (Lipinski definition) is 7. The van der Waals surface area contributed by atoms with Gasteiger partial charge < -0.3 is 15.2 Å². The molecule has 1 aromatic carbocycles. The van der Waals surface area contributed by atoms with Gasteiger partial charge >= 0.3 is 6.01 Å². The number of hydrogen-bond donors (Lipinski definition) is 2. The van der Waals surface area contributed by atoms with Crippen LogP contribution in [0.4, 0.5) is 4.39 Å². The lowest BCUT2D eigenvalue weighted by molar-refractivity contribution is -0.0119. The first-order valence-corrected chi connectivity index (χ1v) is 9.72. The number of phenols is 1. The van der Waals surface area contributed by atoms with Gasteiger partial charge in [-0.25, -0.2) is 9.37 Å². The topological polar surface area (TPSA) is 93.0 Å². The summed E-state index contributed by atoms with van der Waals surface area (Å²) in [5.41, 5.74) is 0.200. The zero-order valence-electron chi connectivity index (χ0n) is 16.3. The van der Waals surface area contributed by atoms with Gasteiger partial charge in [-0.05, 0) is 50.3 Å². The largest absolute Gasteiger partial charge is 0.507 e. The molecular weight excluding hydrogens is 373 g/mol. The second-order valence-electron chi connectivity index (χ2n) is 8.58. The van der Waals surface area contributed by atoms with Crippen LogP contribution in [0, 0.1) is 0 Å². The van der Waals surface area contributed by atoms with Gasteiger partial charge in [0.15, 0.2) is 6.17 Å². The minimum absolute atomic E-state index is 0.0411. The standard InChI is InChI=1S/C21H22FN5O2/c1-20-4-5-21(2,27-20)18(22)17(9-20)29-19-24-11-15(25-26-19)14-7-12-3-6-23-10-13(12)8-16(14)28/h3,6-8,10-11,17-18,27-28H,4-5,9H2,1-2H3/t17-,18-,20-,21+/m0/s1. The summed E-state index contributed by atoms with van der Waals surface area (Å²) < 4.78 is 20.8. The Morgan fingerprint density at radius 2 is 2.03 bits per heavy atom. The number of nitrogens with one attached hydrogen (secondary N) is 1. The maximum atomic E-state index is 15.0. The number of halogens is 1. The van der Waals surface area contributed by atoms with E-state index in [-0.39, 0.29) is 17.3 Å². The number of phenolic OH excluding ortho intramolecular Hbond substituents is 1. The molecule has 2 aliphatic rings. The number of pyridine rings is 1. The number of rotatable bonds is 3. The van der Waals surface area contributed by atoms with Gasteiger partial charge in [0.05, 0.1) is 11.7 Å². The second kappa shape index (κ2) is 6.32. The number of alkyl halides is 1. The van der Waals surface area contributed by atoms with E-state index >= 15 is 4.39 Å². The van der Waals surface area contributed by atoms with Crippen LogP contribution >= 0.6 is 0 Å². The Hall–Kier alpha value is -2.87. The average Bonchev–Trinajstić information content (AvgIpc) is 2.98. The Morgan fingerprint density at radius 3 is 2.83 bits per heavy atom. The van der Waals surface area contributed by atoms with Crippen molar-refractivity contribution in [1.82, 2.24) is 25.5 Å². The van der Waals surface area contributed by atoms with E-state index in [1.54, 1.807) is 18.5 Å². The van der Waals surface area contributed by atoms with Crippen molar-refractivity contribution >= 4 is 10.8 Å². The van der Waals surface area contributed by atoms with Crippen LogP contribution in [0.3, 0.4) is 0 Å². The van der Waals surface area contributed by atoms with Crippen LogP contribution < -0.4 is 10.1 Å². The molecule has 5 rings (SSSR count). The molecule has 0 spiro atoms. The highest BCUT2D eigenvalue weighted by Crippen LogP contribution is 2.44. The van der Waals surface area contributed by atoms with Gasteiger partial charge in [-0.15, -0.1) is 5.10 Å². The highest BCUT2D eigenvalue weighted by Gasteiger charge is 2.56. The highest BCUT2D eigenvalue weighted by atomic mass is 19.1. The number of aromatic hydroxyl groups is 1. The molecule has 29 heavy (non-hydrogen) atoms. The van der Waals surface area contributed by atoms with E-state index in [0.717, 1.165) is 23.6 Å². The molecule has 8 heteroatoms. The summed E-state index contributed by atoms with van der Waals surface area (Å²) in [4.78, 5) is 8.27. The number of ether oxygens (including phenoxy) is 1. The average molecular weight is 395 g/mol. The van der Waals surface area contributed by atoms with Crippen LogP contribution in [0.5, 0.6) is 11.8 Å². The van der Waals surface area contributed by atoms with E-state index < -0.39 is 17.8 Å². The molecule has 2 saturated heterocycles. The molecule has 2 fully saturated rings. The predicted molar refractivity (Wildman–Crippen MR) is 105 cm³/mol. The summed E-state index contributed by atoms with van der Waals surface area (Å²) in [5, 5.41) is 23.7. The highest BCUT2D eigenvalue weighted by molar-refractivity contribution is 5.89. The monoisotopic (exact) mass is 395 g/mol. The molecule has 0 saturated carbocycles. The summed E-state index contributed by atoms with van der Waals surface area (Å²) in [6, 6.07) is 5.33. The molecule has 2 N–H and O–H groups in total. The molecule has 3 aromatic rings. The third kappa shape index (κ3) is 3.07. The maximum Gasteiger partial charge on any atom is 0.336 e. The summed E-state index contributed by atoms with van der Waals surface area (Å²) in [5.74, 6) is 0.0647. The molecule has 4 atom stereocenters.